The molecule has 2 heterocycles. The van der Waals surface area contributed by atoms with E-state index in [9.17, 15) is 8.42 Å². The van der Waals surface area contributed by atoms with Gasteiger partial charge in [0.1, 0.15) is 0 Å². The van der Waals surface area contributed by atoms with Crippen molar-refractivity contribution in [3.63, 3.8) is 0 Å². The lowest BCUT2D eigenvalue weighted by molar-refractivity contribution is 0.0980. The molecule has 0 aromatic rings. The van der Waals surface area contributed by atoms with Crippen molar-refractivity contribution in [1.29, 1.82) is 0 Å². The van der Waals surface area contributed by atoms with Crippen LogP contribution in [-0.4, -0.2) is 45.2 Å². The SMILES string of the molecule is Cl.O=S(=O)(C1CCOCC1)C1CNC1. The van der Waals surface area contributed by atoms with Crippen LogP contribution in [0.2, 0.25) is 0 Å². The summed E-state index contributed by atoms with van der Waals surface area (Å²) in [5.74, 6) is 0. The van der Waals surface area contributed by atoms with E-state index in [1.54, 1.807) is 0 Å². The normalized spacial score (nSPS) is 25.1. The predicted octanol–water partition coefficient (Wildman–Crippen LogP) is -0.0262. The largest absolute Gasteiger partial charge is 0.381 e. The first-order valence-corrected chi connectivity index (χ1v) is 6.33. The second-order valence-corrected chi connectivity index (χ2v) is 6.19. The zero-order chi connectivity index (χ0) is 9.31. The van der Waals surface area contributed by atoms with Gasteiger partial charge in [0.05, 0.1) is 10.5 Å². The minimum absolute atomic E-state index is 0. The fourth-order valence-corrected chi connectivity index (χ4v) is 3.87. The maximum atomic E-state index is 11.9. The molecule has 14 heavy (non-hydrogen) atoms. The summed E-state index contributed by atoms with van der Waals surface area (Å²) >= 11 is 0. The zero-order valence-corrected chi connectivity index (χ0v) is 9.57. The summed E-state index contributed by atoms with van der Waals surface area (Å²) in [7, 11) is -2.87. The summed E-state index contributed by atoms with van der Waals surface area (Å²) in [4.78, 5) is 0. The number of halogens is 1. The molecule has 1 N–H and O–H groups in total. The molecule has 0 saturated carbocycles. The minimum Gasteiger partial charge on any atom is -0.381 e. The summed E-state index contributed by atoms with van der Waals surface area (Å²) in [6.07, 6.45) is 1.36. The van der Waals surface area contributed by atoms with Gasteiger partial charge in [-0.05, 0) is 12.8 Å². The molecule has 2 rings (SSSR count). The Morgan fingerprint density at radius 2 is 1.64 bits per heavy atom. The number of nitrogens with one attached hydrogen (secondary N) is 1. The molecule has 2 fully saturated rings. The molecule has 4 nitrogen and oxygen atoms in total. The highest BCUT2D eigenvalue weighted by Gasteiger charge is 2.38. The summed E-state index contributed by atoms with van der Waals surface area (Å²) in [6.45, 7) is 2.48. The van der Waals surface area contributed by atoms with E-state index in [1.807, 2.05) is 0 Å². The maximum absolute atomic E-state index is 11.9. The molecule has 0 amide bonds. The van der Waals surface area contributed by atoms with Gasteiger partial charge in [-0.25, -0.2) is 8.42 Å². The van der Waals surface area contributed by atoms with E-state index in [0.717, 1.165) is 0 Å². The van der Waals surface area contributed by atoms with Crippen molar-refractivity contribution in [3.8, 4) is 0 Å². The number of sulfone groups is 1. The number of rotatable bonds is 2. The van der Waals surface area contributed by atoms with E-state index in [1.165, 1.54) is 0 Å². The van der Waals surface area contributed by atoms with Crippen molar-refractivity contribution >= 4 is 22.2 Å². The van der Waals surface area contributed by atoms with Crippen LogP contribution in [0.15, 0.2) is 0 Å². The van der Waals surface area contributed by atoms with Crippen molar-refractivity contribution in [2.45, 2.75) is 23.3 Å². The molecule has 0 aromatic heterocycles. The molecule has 0 aliphatic carbocycles. The fraction of sp³-hybridized carbons (Fsp3) is 1.00. The standard InChI is InChI=1S/C8H15NO3S.ClH/c10-13(11,8-5-9-6-8)7-1-3-12-4-2-7;/h7-9H,1-6H2;1H. The average Bonchev–Trinajstić information content (AvgIpc) is 2.02. The van der Waals surface area contributed by atoms with Gasteiger partial charge in [0.2, 0.25) is 0 Å². The Labute approximate surface area is 90.7 Å². The van der Waals surface area contributed by atoms with E-state index in [4.69, 9.17) is 4.74 Å². The third kappa shape index (κ3) is 2.21. The van der Waals surface area contributed by atoms with Gasteiger partial charge in [0, 0.05) is 26.3 Å². The number of hydrogen-bond donors (Lipinski definition) is 1. The molecule has 0 unspecified atom stereocenters. The molecule has 2 saturated heterocycles. The lowest BCUT2D eigenvalue weighted by atomic mass is 10.2. The number of hydrogen-bond acceptors (Lipinski definition) is 4. The Bertz CT molecular complexity index is 270. The Balaban J connectivity index is 0.000000980. The van der Waals surface area contributed by atoms with Gasteiger partial charge in [0.15, 0.2) is 9.84 Å². The van der Waals surface area contributed by atoms with Crippen LogP contribution in [0.4, 0.5) is 0 Å². The quantitative estimate of drug-likeness (QED) is 0.738. The van der Waals surface area contributed by atoms with Gasteiger partial charge in [0.25, 0.3) is 0 Å². The topological polar surface area (TPSA) is 55.4 Å². The molecule has 0 bridgehead atoms. The molecular formula is C8H16ClNO3S. The Morgan fingerprint density at radius 3 is 2.07 bits per heavy atom. The van der Waals surface area contributed by atoms with Gasteiger partial charge in [-0.2, -0.15) is 0 Å². The second-order valence-electron chi connectivity index (χ2n) is 3.68. The number of ether oxygens (including phenoxy) is 1. The molecule has 0 aromatic carbocycles. The Hall–Kier alpha value is 0.160. The van der Waals surface area contributed by atoms with Gasteiger partial charge < -0.3 is 10.1 Å². The lowest BCUT2D eigenvalue weighted by Gasteiger charge is -2.32. The highest BCUT2D eigenvalue weighted by molar-refractivity contribution is 7.92. The van der Waals surface area contributed by atoms with Crippen molar-refractivity contribution in [2.24, 2.45) is 0 Å². The first-order valence-electron chi connectivity index (χ1n) is 4.72. The highest BCUT2D eigenvalue weighted by atomic mass is 35.5. The van der Waals surface area contributed by atoms with Crippen molar-refractivity contribution in [1.82, 2.24) is 5.32 Å². The molecule has 2 aliphatic rings. The van der Waals surface area contributed by atoms with Gasteiger partial charge in [-0.1, -0.05) is 0 Å². The molecule has 0 radical (unpaired) electrons. The minimum atomic E-state index is -2.87. The second kappa shape index (κ2) is 4.79. The Morgan fingerprint density at radius 1 is 1.07 bits per heavy atom. The molecule has 2 aliphatic heterocycles. The molecule has 0 atom stereocenters. The van der Waals surface area contributed by atoms with Crippen molar-refractivity contribution in [3.05, 3.63) is 0 Å². The summed E-state index contributed by atoms with van der Waals surface area (Å²) in [6, 6.07) is 0. The van der Waals surface area contributed by atoms with Gasteiger partial charge in [-0.3, -0.25) is 0 Å². The van der Waals surface area contributed by atoms with Gasteiger partial charge in [-0.15, -0.1) is 12.4 Å². The van der Waals surface area contributed by atoms with E-state index in [2.05, 4.69) is 5.32 Å². The lowest BCUT2D eigenvalue weighted by Crippen LogP contribution is -2.54. The first kappa shape index (κ1) is 12.2. The maximum Gasteiger partial charge on any atom is 0.158 e. The zero-order valence-electron chi connectivity index (χ0n) is 7.94. The monoisotopic (exact) mass is 241 g/mol. The third-order valence-corrected chi connectivity index (χ3v) is 5.50. The van der Waals surface area contributed by atoms with Crippen molar-refractivity contribution in [2.75, 3.05) is 26.3 Å². The van der Waals surface area contributed by atoms with Crippen LogP contribution >= 0.6 is 12.4 Å². The van der Waals surface area contributed by atoms with Crippen LogP contribution in [0.25, 0.3) is 0 Å². The summed E-state index contributed by atoms with van der Waals surface area (Å²) in [5.41, 5.74) is 0. The third-order valence-electron chi connectivity index (χ3n) is 2.84. The first-order chi connectivity index (χ1) is 6.21. The summed E-state index contributed by atoms with van der Waals surface area (Å²) in [5, 5.41) is 2.72. The van der Waals surface area contributed by atoms with Crippen LogP contribution in [0.3, 0.4) is 0 Å². The molecule has 0 spiro atoms. The van der Waals surface area contributed by atoms with Crippen LogP contribution in [0, 0.1) is 0 Å². The summed E-state index contributed by atoms with van der Waals surface area (Å²) < 4.78 is 28.9. The van der Waals surface area contributed by atoms with E-state index >= 15 is 0 Å². The van der Waals surface area contributed by atoms with Crippen LogP contribution in [-0.2, 0) is 14.6 Å². The highest BCUT2D eigenvalue weighted by Crippen LogP contribution is 2.21. The van der Waals surface area contributed by atoms with E-state index in [0.29, 0.717) is 39.1 Å². The smallest absolute Gasteiger partial charge is 0.158 e. The van der Waals surface area contributed by atoms with Crippen LogP contribution in [0.5, 0.6) is 0 Å². The van der Waals surface area contributed by atoms with E-state index in [-0.39, 0.29) is 22.9 Å². The van der Waals surface area contributed by atoms with Crippen LogP contribution < -0.4 is 5.32 Å². The molecule has 84 valence electrons. The predicted molar refractivity (Wildman–Crippen MR) is 56.7 cm³/mol. The molecular weight excluding hydrogens is 226 g/mol. The van der Waals surface area contributed by atoms with Gasteiger partial charge >= 0.3 is 0 Å². The van der Waals surface area contributed by atoms with E-state index < -0.39 is 9.84 Å². The molecule has 6 heteroatoms. The van der Waals surface area contributed by atoms with Crippen LogP contribution in [0.1, 0.15) is 12.8 Å². The Kier molecular flexibility index (Phi) is 4.18. The fourth-order valence-electron chi connectivity index (χ4n) is 1.77. The average molecular weight is 242 g/mol. The van der Waals surface area contributed by atoms with Crippen molar-refractivity contribution < 1.29 is 13.2 Å².